The maximum atomic E-state index is 13.1. The number of fused-ring (bicyclic) bond motifs is 1. The van der Waals surface area contributed by atoms with Crippen LogP contribution in [0.5, 0.6) is 0 Å². The summed E-state index contributed by atoms with van der Waals surface area (Å²) in [5.41, 5.74) is 3.82. The normalized spacial score (nSPS) is 18.9. The van der Waals surface area contributed by atoms with Gasteiger partial charge in [0.05, 0.1) is 5.54 Å². The van der Waals surface area contributed by atoms with Crippen LogP contribution < -0.4 is 10.6 Å². The fourth-order valence-electron chi connectivity index (χ4n) is 4.26. The summed E-state index contributed by atoms with van der Waals surface area (Å²) >= 11 is 0. The molecule has 1 aliphatic heterocycles. The van der Waals surface area contributed by atoms with Crippen molar-refractivity contribution < 1.29 is 14.0 Å². The van der Waals surface area contributed by atoms with Crippen LogP contribution in [0.4, 0.5) is 0 Å². The molecule has 2 fully saturated rings. The van der Waals surface area contributed by atoms with E-state index < -0.39 is 5.54 Å². The van der Waals surface area contributed by atoms with Crippen LogP contribution in [0.25, 0.3) is 22.2 Å². The molecule has 0 atom stereocenters. The lowest BCUT2D eigenvalue weighted by molar-refractivity contribution is -0.130. The fourth-order valence-corrected chi connectivity index (χ4v) is 4.26. The van der Waals surface area contributed by atoms with Gasteiger partial charge in [-0.3, -0.25) is 9.59 Å². The Morgan fingerprint density at radius 2 is 1.80 bits per heavy atom. The van der Waals surface area contributed by atoms with Gasteiger partial charge >= 0.3 is 0 Å². The molecular weight excluding hydrogens is 380 g/mol. The van der Waals surface area contributed by atoms with Crippen LogP contribution in [0, 0.1) is 0 Å². The molecule has 0 unspecified atom stereocenters. The summed E-state index contributed by atoms with van der Waals surface area (Å²) in [6.07, 6.45) is 4.24. The van der Waals surface area contributed by atoms with Crippen LogP contribution in [0.3, 0.4) is 0 Å². The second-order valence-electron chi connectivity index (χ2n) is 8.02. The first-order valence-corrected chi connectivity index (χ1v) is 10.4. The van der Waals surface area contributed by atoms with Crippen molar-refractivity contribution in [2.75, 3.05) is 26.2 Å². The van der Waals surface area contributed by atoms with Gasteiger partial charge in [-0.15, -0.1) is 0 Å². The van der Waals surface area contributed by atoms with Gasteiger partial charge in [0.25, 0.3) is 5.91 Å². The van der Waals surface area contributed by atoms with Crippen molar-refractivity contribution >= 4 is 22.9 Å². The lowest BCUT2D eigenvalue weighted by Crippen LogP contribution is -2.61. The molecule has 1 aliphatic carbocycles. The van der Waals surface area contributed by atoms with Crippen molar-refractivity contribution in [1.29, 1.82) is 0 Å². The third-order valence-corrected chi connectivity index (χ3v) is 6.24. The van der Waals surface area contributed by atoms with Crippen molar-refractivity contribution in [1.82, 2.24) is 20.5 Å². The SMILES string of the molecule is O=C(c1ccc(-c2ccc3ocnc3c2)cc1)N1CCNC(=O)C2(CCC2)NCC1. The van der Waals surface area contributed by atoms with Gasteiger partial charge in [0.1, 0.15) is 5.52 Å². The van der Waals surface area contributed by atoms with Gasteiger partial charge in [-0.05, 0) is 54.7 Å². The summed E-state index contributed by atoms with van der Waals surface area (Å²) in [6.45, 7) is 2.19. The van der Waals surface area contributed by atoms with E-state index in [4.69, 9.17) is 4.42 Å². The third-order valence-electron chi connectivity index (χ3n) is 6.24. The molecule has 2 amide bonds. The van der Waals surface area contributed by atoms with Gasteiger partial charge in [-0.2, -0.15) is 0 Å². The number of nitrogens with one attached hydrogen (secondary N) is 2. The number of amides is 2. The topological polar surface area (TPSA) is 87.5 Å². The van der Waals surface area contributed by atoms with Gasteiger partial charge in [-0.25, -0.2) is 4.98 Å². The molecule has 2 aromatic carbocycles. The predicted octanol–water partition coefficient (Wildman–Crippen LogP) is 2.58. The van der Waals surface area contributed by atoms with Crippen molar-refractivity contribution in [3.8, 4) is 11.1 Å². The monoisotopic (exact) mass is 404 g/mol. The Labute approximate surface area is 174 Å². The van der Waals surface area contributed by atoms with E-state index >= 15 is 0 Å². The van der Waals surface area contributed by atoms with E-state index in [2.05, 4.69) is 15.6 Å². The van der Waals surface area contributed by atoms with E-state index in [0.717, 1.165) is 41.5 Å². The summed E-state index contributed by atoms with van der Waals surface area (Å²) in [4.78, 5) is 31.5. The molecule has 2 N–H and O–H groups in total. The number of hydrogen-bond donors (Lipinski definition) is 2. The number of oxazole rings is 1. The Morgan fingerprint density at radius 1 is 1.03 bits per heavy atom. The summed E-state index contributed by atoms with van der Waals surface area (Å²) in [6, 6.07) is 13.5. The fraction of sp³-hybridized carbons (Fsp3) is 0.348. The van der Waals surface area contributed by atoms with Crippen molar-refractivity contribution in [2.45, 2.75) is 24.8 Å². The van der Waals surface area contributed by atoms with Crippen molar-refractivity contribution in [3.05, 3.63) is 54.4 Å². The second kappa shape index (κ2) is 7.57. The first-order valence-electron chi connectivity index (χ1n) is 10.4. The Kier molecular flexibility index (Phi) is 4.75. The van der Waals surface area contributed by atoms with Gasteiger partial charge in [-0.1, -0.05) is 18.2 Å². The molecule has 2 heterocycles. The molecule has 1 spiro atoms. The lowest BCUT2D eigenvalue weighted by Gasteiger charge is -2.40. The van der Waals surface area contributed by atoms with Gasteiger partial charge in [0.2, 0.25) is 5.91 Å². The van der Waals surface area contributed by atoms with Crippen LogP contribution in [0.2, 0.25) is 0 Å². The molecule has 5 rings (SSSR count). The average Bonchev–Trinajstić information content (AvgIpc) is 3.23. The number of rotatable bonds is 2. The standard InChI is InChI=1S/C23H24N4O3/c28-21(27-12-10-24-22(29)23(8-1-9-23)26-11-13-27)17-4-2-16(3-5-17)18-6-7-20-19(14-18)25-15-30-20/h2-7,14-15,26H,1,8-13H2,(H,24,29). The van der Waals surface area contributed by atoms with Crippen LogP contribution >= 0.6 is 0 Å². The molecule has 1 saturated heterocycles. The number of carbonyl (C=O) groups excluding carboxylic acids is 2. The molecular formula is C23H24N4O3. The minimum absolute atomic E-state index is 0.0193. The summed E-state index contributed by atoms with van der Waals surface area (Å²) in [5, 5.41) is 6.37. The average molecular weight is 404 g/mol. The number of hydrogen-bond acceptors (Lipinski definition) is 5. The van der Waals surface area contributed by atoms with Crippen LogP contribution in [0.1, 0.15) is 29.6 Å². The Morgan fingerprint density at radius 3 is 2.57 bits per heavy atom. The first kappa shape index (κ1) is 18.8. The molecule has 2 aliphatic rings. The molecule has 30 heavy (non-hydrogen) atoms. The first-order chi connectivity index (χ1) is 14.6. The summed E-state index contributed by atoms with van der Waals surface area (Å²) in [5.74, 6) is 0.0468. The summed E-state index contributed by atoms with van der Waals surface area (Å²) in [7, 11) is 0. The highest BCUT2D eigenvalue weighted by molar-refractivity contribution is 5.95. The molecule has 7 nitrogen and oxygen atoms in total. The Balaban J connectivity index is 1.30. The smallest absolute Gasteiger partial charge is 0.253 e. The molecule has 0 radical (unpaired) electrons. The maximum absolute atomic E-state index is 13.1. The van der Waals surface area contributed by atoms with E-state index in [9.17, 15) is 9.59 Å². The largest absolute Gasteiger partial charge is 0.443 e. The highest BCUT2D eigenvalue weighted by Gasteiger charge is 2.43. The quantitative estimate of drug-likeness (QED) is 0.686. The maximum Gasteiger partial charge on any atom is 0.253 e. The third kappa shape index (κ3) is 3.35. The molecule has 7 heteroatoms. The van der Waals surface area contributed by atoms with Gasteiger partial charge in [0.15, 0.2) is 12.0 Å². The van der Waals surface area contributed by atoms with Crippen LogP contribution in [-0.2, 0) is 4.79 Å². The lowest BCUT2D eigenvalue weighted by atomic mass is 9.76. The molecule has 1 saturated carbocycles. The van der Waals surface area contributed by atoms with E-state index in [0.29, 0.717) is 31.7 Å². The van der Waals surface area contributed by atoms with E-state index in [1.807, 2.05) is 42.5 Å². The number of benzene rings is 2. The van der Waals surface area contributed by atoms with Crippen molar-refractivity contribution in [2.24, 2.45) is 0 Å². The van der Waals surface area contributed by atoms with Crippen LogP contribution in [0.15, 0.2) is 53.3 Å². The van der Waals surface area contributed by atoms with E-state index in [1.165, 1.54) is 6.39 Å². The second-order valence-corrected chi connectivity index (χ2v) is 8.02. The molecule has 154 valence electrons. The number of nitrogens with zero attached hydrogens (tertiary/aromatic N) is 2. The molecule has 0 bridgehead atoms. The number of aromatic nitrogens is 1. The zero-order valence-electron chi connectivity index (χ0n) is 16.7. The Bertz CT molecular complexity index is 1090. The highest BCUT2D eigenvalue weighted by atomic mass is 16.3. The number of carbonyl (C=O) groups is 2. The zero-order valence-corrected chi connectivity index (χ0v) is 16.7. The van der Waals surface area contributed by atoms with E-state index in [1.54, 1.807) is 4.90 Å². The predicted molar refractivity (Wildman–Crippen MR) is 113 cm³/mol. The molecule has 3 aromatic rings. The van der Waals surface area contributed by atoms with Gasteiger partial charge in [0, 0.05) is 31.7 Å². The van der Waals surface area contributed by atoms with E-state index in [-0.39, 0.29) is 11.8 Å². The summed E-state index contributed by atoms with van der Waals surface area (Å²) < 4.78 is 5.29. The van der Waals surface area contributed by atoms with Crippen molar-refractivity contribution in [3.63, 3.8) is 0 Å². The highest BCUT2D eigenvalue weighted by Crippen LogP contribution is 2.32. The van der Waals surface area contributed by atoms with Crippen LogP contribution in [-0.4, -0.2) is 53.4 Å². The minimum Gasteiger partial charge on any atom is -0.443 e. The zero-order chi connectivity index (χ0) is 20.6. The van der Waals surface area contributed by atoms with Gasteiger partial charge < -0.3 is 20.0 Å². The Hall–Kier alpha value is -3.19. The molecule has 1 aromatic heterocycles. The minimum atomic E-state index is -0.425.